The zero-order valence-electron chi connectivity index (χ0n) is 11.7. The van der Waals surface area contributed by atoms with Crippen molar-refractivity contribution in [3.63, 3.8) is 0 Å². The van der Waals surface area contributed by atoms with Crippen molar-refractivity contribution in [1.82, 2.24) is 0 Å². The number of carbonyl (C=O) groups excluding carboxylic acids is 2. The van der Waals surface area contributed by atoms with Gasteiger partial charge in [-0.25, -0.2) is 13.6 Å². The molecule has 0 saturated carbocycles. The SMILES string of the molecule is CC(=O)c1ccc(OC(=O)/C=C/c2ccc(F)c(F)c2)cc1. The van der Waals surface area contributed by atoms with Gasteiger partial charge in [0.15, 0.2) is 17.4 Å². The Morgan fingerprint density at radius 3 is 2.27 bits per heavy atom. The van der Waals surface area contributed by atoms with Gasteiger partial charge in [-0.3, -0.25) is 4.79 Å². The third kappa shape index (κ3) is 4.09. The summed E-state index contributed by atoms with van der Waals surface area (Å²) in [5.41, 5.74) is 0.847. The predicted octanol–water partition coefficient (Wildman–Crippen LogP) is 3.79. The Labute approximate surface area is 125 Å². The molecule has 0 aromatic heterocycles. The highest BCUT2D eigenvalue weighted by Crippen LogP contribution is 2.14. The zero-order valence-corrected chi connectivity index (χ0v) is 11.7. The summed E-state index contributed by atoms with van der Waals surface area (Å²) < 4.78 is 30.8. The third-order valence-corrected chi connectivity index (χ3v) is 2.83. The fourth-order valence-electron chi connectivity index (χ4n) is 1.69. The molecule has 5 heteroatoms. The van der Waals surface area contributed by atoms with Crippen LogP contribution in [0.1, 0.15) is 22.8 Å². The van der Waals surface area contributed by atoms with Crippen LogP contribution >= 0.6 is 0 Å². The third-order valence-electron chi connectivity index (χ3n) is 2.83. The Balaban J connectivity index is 2.01. The van der Waals surface area contributed by atoms with Gasteiger partial charge in [-0.05, 0) is 55.0 Å². The van der Waals surface area contributed by atoms with Gasteiger partial charge >= 0.3 is 5.97 Å². The minimum atomic E-state index is -0.990. The van der Waals surface area contributed by atoms with E-state index in [1.165, 1.54) is 31.2 Å². The summed E-state index contributed by atoms with van der Waals surface area (Å²) in [6.07, 6.45) is 2.42. The standard InChI is InChI=1S/C17H12F2O3/c1-11(20)13-4-6-14(7-5-13)22-17(21)9-3-12-2-8-15(18)16(19)10-12/h2-10H,1H3/b9-3+. The Morgan fingerprint density at radius 1 is 1.00 bits per heavy atom. The molecule has 0 heterocycles. The molecule has 0 aliphatic heterocycles. The normalized spacial score (nSPS) is 10.7. The molecule has 0 fully saturated rings. The molecule has 0 aliphatic carbocycles. The van der Waals surface area contributed by atoms with Crippen LogP contribution in [0.25, 0.3) is 6.08 Å². The van der Waals surface area contributed by atoms with Crippen LogP contribution in [0.2, 0.25) is 0 Å². The van der Waals surface area contributed by atoms with Crippen molar-refractivity contribution in [3.05, 3.63) is 71.3 Å². The van der Waals surface area contributed by atoms with E-state index in [4.69, 9.17) is 4.74 Å². The molecule has 0 radical (unpaired) electrons. The smallest absolute Gasteiger partial charge is 0.336 e. The van der Waals surface area contributed by atoms with Crippen molar-refractivity contribution >= 4 is 17.8 Å². The maximum Gasteiger partial charge on any atom is 0.336 e. The lowest BCUT2D eigenvalue weighted by molar-refractivity contribution is -0.128. The first-order valence-corrected chi connectivity index (χ1v) is 6.41. The summed E-state index contributed by atoms with van der Waals surface area (Å²) in [5.74, 6) is -2.41. The Morgan fingerprint density at radius 2 is 1.68 bits per heavy atom. The average Bonchev–Trinajstić information content (AvgIpc) is 2.49. The van der Waals surface area contributed by atoms with Gasteiger partial charge in [0, 0.05) is 11.6 Å². The molecule has 0 saturated heterocycles. The van der Waals surface area contributed by atoms with Crippen LogP contribution in [0.15, 0.2) is 48.5 Å². The van der Waals surface area contributed by atoms with Crippen LogP contribution in [0.3, 0.4) is 0 Å². The Bertz CT molecular complexity index is 734. The van der Waals surface area contributed by atoms with Crippen LogP contribution in [0.4, 0.5) is 8.78 Å². The van der Waals surface area contributed by atoms with Crippen LogP contribution in [0.5, 0.6) is 5.75 Å². The summed E-state index contributed by atoms with van der Waals surface area (Å²) >= 11 is 0. The van der Waals surface area contributed by atoms with E-state index in [1.54, 1.807) is 12.1 Å². The highest BCUT2D eigenvalue weighted by atomic mass is 19.2. The van der Waals surface area contributed by atoms with E-state index >= 15 is 0 Å². The molecule has 0 unspecified atom stereocenters. The van der Waals surface area contributed by atoms with Crippen LogP contribution in [-0.4, -0.2) is 11.8 Å². The van der Waals surface area contributed by atoms with E-state index in [-0.39, 0.29) is 11.5 Å². The summed E-state index contributed by atoms with van der Waals surface area (Å²) in [7, 11) is 0. The average molecular weight is 302 g/mol. The Kier molecular flexibility index (Phi) is 4.78. The van der Waals surface area contributed by atoms with E-state index in [1.807, 2.05) is 0 Å². The van der Waals surface area contributed by atoms with Crippen molar-refractivity contribution in [1.29, 1.82) is 0 Å². The van der Waals surface area contributed by atoms with Gasteiger partial charge in [-0.15, -0.1) is 0 Å². The number of hydrogen-bond acceptors (Lipinski definition) is 3. The minimum absolute atomic E-state index is 0.0869. The first kappa shape index (κ1) is 15.6. The monoisotopic (exact) mass is 302 g/mol. The maximum atomic E-state index is 13.0. The molecule has 0 bridgehead atoms. The van der Waals surface area contributed by atoms with Gasteiger partial charge < -0.3 is 4.74 Å². The van der Waals surface area contributed by atoms with Gasteiger partial charge in [0.25, 0.3) is 0 Å². The summed E-state index contributed by atoms with van der Waals surface area (Å²) in [6.45, 7) is 1.44. The molecule has 0 amide bonds. The quantitative estimate of drug-likeness (QED) is 0.373. The fourth-order valence-corrected chi connectivity index (χ4v) is 1.69. The molecule has 112 valence electrons. The van der Waals surface area contributed by atoms with Crippen LogP contribution in [0, 0.1) is 11.6 Å². The number of carbonyl (C=O) groups is 2. The van der Waals surface area contributed by atoms with Crippen molar-refractivity contribution in [2.75, 3.05) is 0 Å². The topological polar surface area (TPSA) is 43.4 Å². The molecule has 2 aromatic carbocycles. The molecule has 2 rings (SSSR count). The summed E-state index contributed by atoms with van der Waals surface area (Å²) in [6, 6.07) is 9.37. The number of ketones is 1. The van der Waals surface area contributed by atoms with Gasteiger partial charge in [0.1, 0.15) is 5.75 Å². The first-order chi connectivity index (χ1) is 10.5. The summed E-state index contributed by atoms with van der Waals surface area (Å²) in [4.78, 5) is 22.7. The molecular weight excluding hydrogens is 290 g/mol. The van der Waals surface area contributed by atoms with E-state index in [9.17, 15) is 18.4 Å². The van der Waals surface area contributed by atoms with Gasteiger partial charge in [0.2, 0.25) is 0 Å². The zero-order chi connectivity index (χ0) is 16.1. The predicted molar refractivity (Wildman–Crippen MR) is 77.5 cm³/mol. The number of hydrogen-bond donors (Lipinski definition) is 0. The van der Waals surface area contributed by atoms with Crippen molar-refractivity contribution in [3.8, 4) is 5.75 Å². The largest absolute Gasteiger partial charge is 0.423 e. The number of esters is 1. The highest BCUT2D eigenvalue weighted by molar-refractivity contribution is 5.94. The molecule has 0 spiro atoms. The second-order valence-corrected chi connectivity index (χ2v) is 4.51. The lowest BCUT2D eigenvalue weighted by Gasteiger charge is -2.02. The van der Waals surface area contributed by atoms with Crippen molar-refractivity contribution in [2.24, 2.45) is 0 Å². The second-order valence-electron chi connectivity index (χ2n) is 4.51. The maximum absolute atomic E-state index is 13.0. The van der Waals surface area contributed by atoms with Gasteiger partial charge in [-0.1, -0.05) is 6.07 Å². The molecule has 22 heavy (non-hydrogen) atoms. The van der Waals surface area contributed by atoms with Crippen molar-refractivity contribution < 1.29 is 23.1 Å². The lowest BCUT2D eigenvalue weighted by Crippen LogP contribution is -2.04. The number of halogens is 2. The van der Waals surface area contributed by atoms with Crippen LogP contribution < -0.4 is 4.74 Å². The van der Waals surface area contributed by atoms with E-state index in [2.05, 4.69) is 0 Å². The van der Waals surface area contributed by atoms with E-state index in [0.29, 0.717) is 11.1 Å². The highest BCUT2D eigenvalue weighted by Gasteiger charge is 2.04. The summed E-state index contributed by atoms with van der Waals surface area (Å²) in [5, 5.41) is 0. The lowest BCUT2D eigenvalue weighted by atomic mass is 10.1. The molecule has 2 aromatic rings. The number of ether oxygens (including phenoxy) is 1. The van der Waals surface area contributed by atoms with Crippen molar-refractivity contribution in [2.45, 2.75) is 6.92 Å². The number of rotatable bonds is 4. The van der Waals surface area contributed by atoms with Crippen LogP contribution in [-0.2, 0) is 4.79 Å². The number of Topliss-reactive ketones (excluding diaryl/α,β-unsaturated/α-hetero) is 1. The minimum Gasteiger partial charge on any atom is -0.423 e. The Hall–Kier alpha value is -2.82. The van der Waals surface area contributed by atoms with Gasteiger partial charge in [0.05, 0.1) is 0 Å². The fraction of sp³-hybridized carbons (Fsp3) is 0.0588. The van der Waals surface area contributed by atoms with Gasteiger partial charge in [-0.2, -0.15) is 0 Å². The number of benzene rings is 2. The molecule has 0 atom stereocenters. The van der Waals surface area contributed by atoms with E-state index < -0.39 is 17.6 Å². The van der Waals surface area contributed by atoms with E-state index in [0.717, 1.165) is 18.2 Å². The molecule has 0 N–H and O–H groups in total. The molecule has 0 aliphatic rings. The molecule has 3 nitrogen and oxygen atoms in total. The molecular formula is C17H12F2O3. The first-order valence-electron chi connectivity index (χ1n) is 6.41. The second kappa shape index (κ2) is 6.76.